The summed E-state index contributed by atoms with van der Waals surface area (Å²) in [5.41, 5.74) is 0. The number of hydrogen-bond donors (Lipinski definition) is 0. The van der Waals surface area contributed by atoms with Crippen LogP contribution in [-0.4, -0.2) is 0 Å². The molecule has 12 heavy (non-hydrogen) atoms. The van der Waals surface area contributed by atoms with Crippen LogP contribution in [0.4, 0.5) is 0 Å². The third-order valence-corrected chi connectivity index (χ3v) is 2.72. The van der Waals surface area contributed by atoms with Crippen molar-refractivity contribution < 1.29 is 0 Å². The van der Waals surface area contributed by atoms with Crippen molar-refractivity contribution in [3.05, 3.63) is 5.92 Å². The maximum absolute atomic E-state index is 2.30. The second kappa shape index (κ2) is 7.64. The molecule has 1 atom stereocenters. The minimum absolute atomic E-state index is 0.891. The molecule has 0 aliphatic heterocycles. The molecule has 0 nitrogen and oxygen atoms in total. The van der Waals surface area contributed by atoms with Gasteiger partial charge in [-0.1, -0.05) is 59.8 Å². The highest BCUT2D eigenvalue weighted by molar-refractivity contribution is 4.85. The zero-order chi connectivity index (χ0) is 9.40. The summed E-state index contributed by atoms with van der Waals surface area (Å²) < 4.78 is 0. The molecule has 0 saturated heterocycles. The lowest BCUT2D eigenvalue weighted by Gasteiger charge is -2.17. The van der Waals surface area contributed by atoms with E-state index in [1.54, 1.807) is 5.92 Å². The molecule has 0 heterocycles. The highest BCUT2D eigenvalue weighted by atomic mass is 14.1. The van der Waals surface area contributed by atoms with Crippen LogP contribution in [0.5, 0.6) is 0 Å². The summed E-state index contributed by atoms with van der Waals surface area (Å²) in [7, 11) is 0. The van der Waals surface area contributed by atoms with Crippen molar-refractivity contribution in [3.63, 3.8) is 0 Å². The molecule has 0 amide bonds. The van der Waals surface area contributed by atoms with Gasteiger partial charge >= 0.3 is 0 Å². The first-order chi connectivity index (χ1) is 5.72. The van der Waals surface area contributed by atoms with Crippen LogP contribution in [0.3, 0.4) is 0 Å². The fourth-order valence-electron chi connectivity index (χ4n) is 1.72. The van der Waals surface area contributed by atoms with Gasteiger partial charge in [-0.15, -0.1) is 0 Å². The highest BCUT2D eigenvalue weighted by Crippen LogP contribution is 2.23. The maximum Gasteiger partial charge on any atom is -0.0272 e. The van der Waals surface area contributed by atoms with Crippen molar-refractivity contribution in [1.29, 1.82) is 0 Å². The van der Waals surface area contributed by atoms with E-state index >= 15 is 0 Å². The summed E-state index contributed by atoms with van der Waals surface area (Å²) in [5.74, 6) is 2.51. The quantitative estimate of drug-likeness (QED) is 0.489. The number of unbranched alkanes of at least 4 members (excludes halogenated alkanes) is 3. The van der Waals surface area contributed by atoms with Crippen LogP contribution in [0.25, 0.3) is 0 Å². The zero-order valence-corrected chi connectivity index (χ0v) is 9.32. The Kier molecular flexibility index (Phi) is 7.64. The van der Waals surface area contributed by atoms with Gasteiger partial charge in [-0.3, -0.25) is 0 Å². The lowest BCUT2D eigenvalue weighted by Crippen LogP contribution is -2.05. The smallest absolute Gasteiger partial charge is 0.0272 e. The summed E-state index contributed by atoms with van der Waals surface area (Å²) in [6.45, 7) is 9.12. The van der Waals surface area contributed by atoms with Gasteiger partial charge in [0.2, 0.25) is 0 Å². The molecule has 0 fully saturated rings. The maximum atomic E-state index is 2.30. The Morgan fingerprint density at radius 1 is 1.00 bits per heavy atom. The van der Waals surface area contributed by atoms with Gasteiger partial charge in [-0.05, 0) is 18.3 Å². The van der Waals surface area contributed by atoms with Gasteiger partial charge in [0.25, 0.3) is 0 Å². The van der Waals surface area contributed by atoms with Crippen LogP contribution in [-0.2, 0) is 0 Å². The van der Waals surface area contributed by atoms with Gasteiger partial charge in [0.15, 0.2) is 0 Å². The minimum atomic E-state index is 0.891. The molecule has 0 aliphatic rings. The van der Waals surface area contributed by atoms with Crippen molar-refractivity contribution in [1.82, 2.24) is 0 Å². The second-order valence-corrected chi connectivity index (χ2v) is 4.03. The van der Waals surface area contributed by atoms with Gasteiger partial charge in [-0.25, -0.2) is 0 Å². The largest absolute Gasteiger partial charge is 0.0654 e. The molecule has 1 unspecified atom stereocenters. The topological polar surface area (TPSA) is 0 Å². The van der Waals surface area contributed by atoms with Crippen LogP contribution in [0, 0.1) is 11.8 Å². The fraction of sp³-hybridized carbons (Fsp3) is 0.917. The molecule has 73 valence electrons. The molecule has 0 bridgehead atoms. The Morgan fingerprint density at radius 3 is 2.08 bits per heavy atom. The Hall–Kier alpha value is 0. The molecule has 0 aromatic carbocycles. The Bertz CT molecular complexity index is 84.0. The second-order valence-electron chi connectivity index (χ2n) is 4.03. The third-order valence-electron chi connectivity index (χ3n) is 2.72. The third kappa shape index (κ3) is 5.62. The van der Waals surface area contributed by atoms with E-state index in [-0.39, 0.29) is 0 Å². The first-order valence-corrected chi connectivity index (χ1v) is 5.52. The molecule has 0 aromatic rings. The summed E-state index contributed by atoms with van der Waals surface area (Å²) in [6.07, 6.45) is 8.37. The lowest BCUT2D eigenvalue weighted by molar-refractivity contribution is 0.457. The van der Waals surface area contributed by atoms with Gasteiger partial charge in [0, 0.05) is 0 Å². The van der Waals surface area contributed by atoms with E-state index in [9.17, 15) is 0 Å². The van der Waals surface area contributed by atoms with Gasteiger partial charge in [0.05, 0.1) is 0 Å². The van der Waals surface area contributed by atoms with Gasteiger partial charge in [0.1, 0.15) is 0 Å². The fourth-order valence-corrected chi connectivity index (χ4v) is 1.72. The first kappa shape index (κ1) is 12.0. The summed E-state index contributed by atoms with van der Waals surface area (Å²) >= 11 is 0. The average Bonchev–Trinajstić information content (AvgIpc) is 2.04. The molecule has 1 radical (unpaired) electrons. The first-order valence-electron chi connectivity index (χ1n) is 5.52. The van der Waals surface area contributed by atoms with Crippen molar-refractivity contribution in [3.8, 4) is 0 Å². The molecule has 0 aliphatic carbocycles. The Labute approximate surface area is 78.8 Å². The van der Waals surface area contributed by atoms with Crippen LogP contribution in [0.2, 0.25) is 0 Å². The van der Waals surface area contributed by atoms with Crippen LogP contribution < -0.4 is 0 Å². The van der Waals surface area contributed by atoms with Crippen molar-refractivity contribution in [2.45, 2.75) is 66.2 Å². The lowest BCUT2D eigenvalue weighted by atomic mass is 9.88. The predicted molar refractivity (Wildman–Crippen MR) is 57.1 cm³/mol. The zero-order valence-electron chi connectivity index (χ0n) is 9.32. The molecule has 0 rings (SSSR count). The highest BCUT2D eigenvalue weighted by Gasteiger charge is 2.09. The van der Waals surface area contributed by atoms with E-state index in [0.29, 0.717) is 0 Å². The molecule has 0 spiro atoms. The van der Waals surface area contributed by atoms with E-state index in [0.717, 1.165) is 5.92 Å². The van der Waals surface area contributed by atoms with Crippen molar-refractivity contribution >= 4 is 0 Å². The predicted octanol–water partition coefficient (Wildman–Crippen LogP) is 4.60. The van der Waals surface area contributed by atoms with Crippen molar-refractivity contribution in [2.75, 3.05) is 0 Å². The number of hydrogen-bond acceptors (Lipinski definition) is 0. The monoisotopic (exact) mass is 169 g/mol. The summed E-state index contributed by atoms with van der Waals surface area (Å²) in [4.78, 5) is 0. The van der Waals surface area contributed by atoms with E-state index in [2.05, 4.69) is 27.7 Å². The average molecular weight is 169 g/mol. The SMILES string of the molecule is CCCCCCC(CC)[C](C)C. The minimum Gasteiger partial charge on any atom is -0.0654 e. The molecule has 0 heteroatoms. The van der Waals surface area contributed by atoms with Gasteiger partial charge < -0.3 is 0 Å². The molecule has 0 N–H and O–H groups in total. The molecular formula is C12H25. The van der Waals surface area contributed by atoms with Crippen LogP contribution in [0.15, 0.2) is 0 Å². The van der Waals surface area contributed by atoms with Crippen molar-refractivity contribution in [2.24, 2.45) is 5.92 Å². The number of rotatable bonds is 7. The van der Waals surface area contributed by atoms with E-state index < -0.39 is 0 Å². The summed E-state index contributed by atoms with van der Waals surface area (Å²) in [6, 6.07) is 0. The molecule has 0 saturated carbocycles. The Morgan fingerprint density at radius 2 is 1.67 bits per heavy atom. The molecule has 0 aromatic heterocycles. The van der Waals surface area contributed by atoms with E-state index in [1.165, 1.54) is 38.5 Å². The van der Waals surface area contributed by atoms with Crippen LogP contribution in [0.1, 0.15) is 66.2 Å². The Balaban J connectivity index is 3.32. The van der Waals surface area contributed by atoms with Gasteiger partial charge in [-0.2, -0.15) is 0 Å². The normalized spacial score (nSPS) is 13.8. The standard InChI is InChI=1S/C12H25/c1-5-7-8-9-10-12(6-2)11(3)4/h12H,5-10H2,1-4H3. The van der Waals surface area contributed by atoms with E-state index in [4.69, 9.17) is 0 Å². The van der Waals surface area contributed by atoms with Crippen LogP contribution >= 0.6 is 0 Å². The van der Waals surface area contributed by atoms with E-state index in [1.807, 2.05) is 0 Å². The summed E-state index contributed by atoms with van der Waals surface area (Å²) in [5, 5.41) is 0. The molecular weight excluding hydrogens is 144 g/mol.